The van der Waals surface area contributed by atoms with E-state index < -0.39 is 18.1 Å². The number of nitrogens with one attached hydrogen (secondary N) is 1. The van der Waals surface area contributed by atoms with Gasteiger partial charge in [0.2, 0.25) is 0 Å². The summed E-state index contributed by atoms with van der Waals surface area (Å²) in [7, 11) is 0. The van der Waals surface area contributed by atoms with E-state index in [1.807, 2.05) is 0 Å². The molecule has 1 aliphatic rings. The number of carbonyl (C=O) groups is 1. The molecule has 12 heteroatoms. The first-order chi connectivity index (χ1) is 18.7. The Morgan fingerprint density at radius 1 is 1.21 bits per heavy atom. The van der Waals surface area contributed by atoms with Crippen molar-refractivity contribution in [3.63, 3.8) is 0 Å². The molecule has 0 spiro atoms. The smallest absolute Gasteiger partial charge is 0.471 e. The minimum absolute atomic E-state index is 0.0286. The number of carbonyl (C=O) groups excluding carboxylic acids is 1. The van der Waals surface area contributed by atoms with Crippen molar-refractivity contribution in [3.8, 4) is 17.6 Å². The number of hydrogen-bond acceptors (Lipinski definition) is 6. The SMILES string of the molecule is O=C(N1CCCC1C#Cc1cc2ncnc(Nc3ccc(OCc4cccc(F)c4)c(Cl)c3)c2s1)C(F)(F)F. The molecule has 4 aromatic rings. The van der Waals surface area contributed by atoms with Gasteiger partial charge in [-0.3, -0.25) is 4.79 Å². The maximum atomic E-state index is 13.4. The first-order valence-electron chi connectivity index (χ1n) is 11.7. The van der Waals surface area contributed by atoms with Gasteiger partial charge in [-0.1, -0.05) is 35.6 Å². The molecule has 1 atom stereocenters. The van der Waals surface area contributed by atoms with Gasteiger partial charge < -0.3 is 15.0 Å². The summed E-state index contributed by atoms with van der Waals surface area (Å²) in [5.74, 6) is 4.43. The lowest BCUT2D eigenvalue weighted by atomic mass is 10.2. The van der Waals surface area contributed by atoms with Crippen LogP contribution >= 0.6 is 22.9 Å². The monoisotopic (exact) mass is 574 g/mol. The quantitative estimate of drug-likeness (QED) is 0.212. The topological polar surface area (TPSA) is 67.4 Å². The van der Waals surface area contributed by atoms with E-state index >= 15 is 0 Å². The van der Waals surface area contributed by atoms with E-state index in [1.165, 1.54) is 29.8 Å². The molecule has 1 fully saturated rings. The van der Waals surface area contributed by atoms with Crippen molar-refractivity contribution in [1.29, 1.82) is 0 Å². The molecule has 0 aliphatic carbocycles. The third kappa shape index (κ3) is 6.24. The van der Waals surface area contributed by atoms with Gasteiger partial charge in [0, 0.05) is 12.2 Å². The van der Waals surface area contributed by atoms with Crippen molar-refractivity contribution in [2.75, 3.05) is 11.9 Å². The van der Waals surface area contributed by atoms with Gasteiger partial charge in [0.1, 0.15) is 24.5 Å². The number of hydrogen-bond donors (Lipinski definition) is 1. The van der Waals surface area contributed by atoms with Gasteiger partial charge in [-0.2, -0.15) is 13.2 Å². The predicted octanol–water partition coefficient (Wildman–Crippen LogP) is 6.71. The maximum Gasteiger partial charge on any atom is 0.471 e. The lowest BCUT2D eigenvalue weighted by Gasteiger charge is -2.21. The van der Waals surface area contributed by atoms with E-state index in [-0.39, 0.29) is 19.0 Å². The molecule has 5 rings (SSSR count). The molecule has 0 radical (unpaired) electrons. The van der Waals surface area contributed by atoms with Gasteiger partial charge in [0.05, 0.1) is 26.2 Å². The summed E-state index contributed by atoms with van der Waals surface area (Å²) in [5.41, 5.74) is 1.91. The number of ether oxygens (including phenoxy) is 1. The Morgan fingerprint density at radius 2 is 2.05 bits per heavy atom. The summed E-state index contributed by atoms with van der Waals surface area (Å²) < 4.78 is 58.4. The van der Waals surface area contributed by atoms with Crippen LogP contribution in [-0.4, -0.2) is 39.5 Å². The largest absolute Gasteiger partial charge is 0.487 e. The highest BCUT2D eigenvalue weighted by molar-refractivity contribution is 7.20. The molecule has 200 valence electrons. The van der Waals surface area contributed by atoms with Crippen molar-refractivity contribution in [2.24, 2.45) is 0 Å². The van der Waals surface area contributed by atoms with Crippen molar-refractivity contribution in [2.45, 2.75) is 31.7 Å². The van der Waals surface area contributed by atoms with Crippen molar-refractivity contribution in [3.05, 3.63) is 76.1 Å². The zero-order chi connectivity index (χ0) is 27.6. The molecular formula is C27H19ClF4N4O2S. The second-order valence-electron chi connectivity index (χ2n) is 8.66. The van der Waals surface area contributed by atoms with Crippen molar-refractivity contribution >= 4 is 50.6 Å². The van der Waals surface area contributed by atoms with Gasteiger partial charge in [-0.15, -0.1) is 11.3 Å². The van der Waals surface area contributed by atoms with Crippen LogP contribution in [0.4, 0.5) is 29.1 Å². The summed E-state index contributed by atoms with van der Waals surface area (Å²) in [6.07, 6.45) is -2.70. The van der Waals surface area contributed by atoms with E-state index in [0.717, 1.165) is 4.90 Å². The Morgan fingerprint density at radius 3 is 2.82 bits per heavy atom. The average molecular weight is 575 g/mol. The minimum atomic E-state index is -4.92. The lowest BCUT2D eigenvalue weighted by molar-refractivity contribution is -0.185. The van der Waals surface area contributed by atoms with Crippen LogP contribution in [0.25, 0.3) is 10.2 Å². The number of nitrogens with zero attached hydrogens (tertiary/aromatic N) is 3. The van der Waals surface area contributed by atoms with E-state index in [2.05, 4.69) is 27.1 Å². The number of alkyl halides is 3. The molecule has 0 bridgehead atoms. The third-order valence-corrected chi connectivity index (χ3v) is 7.25. The Balaban J connectivity index is 1.30. The fraction of sp³-hybridized carbons (Fsp3) is 0.222. The lowest BCUT2D eigenvalue weighted by Crippen LogP contribution is -2.43. The third-order valence-electron chi connectivity index (χ3n) is 5.91. The molecule has 6 nitrogen and oxygen atoms in total. The molecule has 1 aliphatic heterocycles. The minimum Gasteiger partial charge on any atom is -0.487 e. The van der Waals surface area contributed by atoms with E-state index in [4.69, 9.17) is 16.3 Å². The van der Waals surface area contributed by atoms with E-state index in [9.17, 15) is 22.4 Å². The molecular weight excluding hydrogens is 556 g/mol. The fourth-order valence-corrected chi connectivity index (χ4v) is 5.25. The van der Waals surface area contributed by atoms with Crippen LogP contribution in [-0.2, 0) is 11.4 Å². The maximum absolute atomic E-state index is 13.4. The van der Waals surface area contributed by atoms with Crippen LogP contribution < -0.4 is 10.1 Å². The van der Waals surface area contributed by atoms with E-state index in [0.29, 0.717) is 55.8 Å². The number of halogens is 5. The van der Waals surface area contributed by atoms with Crippen LogP contribution in [0.15, 0.2) is 54.9 Å². The first-order valence-corrected chi connectivity index (χ1v) is 12.9. The molecule has 2 aromatic carbocycles. The average Bonchev–Trinajstić information content (AvgIpc) is 3.53. The fourth-order valence-electron chi connectivity index (χ4n) is 4.10. The zero-order valence-electron chi connectivity index (χ0n) is 20.1. The predicted molar refractivity (Wildman–Crippen MR) is 141 cm³/mol. The standard InChI is InChI=1S/C27H19ClF4N4O2S/c28-21-12-18(6-9-23(21)38-14-16-3-1-4-17(29)11-16)35-25-24-22(33-15-34-25)13-20(39-24)8-7-19-5-2-10-36(19)26(37)27(30,31)32/h1,3-4,6,9,11-13,15,19H,2,5,10,14H2,(H,33,34,35). The molecule has 3 heterocycles. The number of aromatic nitrogens is 2. The van der Waals surface area contributed by atoms with Gasteiger partial charge in [0.15, 0.2) is 5.82 Å². The number of anilines is 2. The number of amides is 1. The summed E-state index contributed by atoms with van der Waals surface area (Å²) in [5, 5.41) is 3.53. The van der Waals surface area contributed by atoms with Crippen molar-refractivity contribution in [1.82, 2.24) is 14.9 Å². The molecule has 1 unspecified atom stereocenters. The van der Waals surface area contributed by atoms with Crippen molar-refractivity contribution < 1.29 is 27.1 Å². The van der Waals surface area contributed by atoms with Gasteiger partial charge >= 0.3 is 12.1 Å². The van der Waals surface area contributed by atoms with Crippen LogP contribution in [0.2, 0.25) is 5.02 Å². The number of fused-ring (bicyclic) bond motifs is 1. The molecule has 1 amide bonds. The Kier molecular flexibility index (Phi) is 7.59. The van der Waals surface area contributed by atoms with Gasteiger partial charge in [0.25, 0.3) is 0 Å². The molecule has 1 saturated heterocycles. The highest BCUT2D eigenvalue weighted by atomic mass is 35.5. The summed E-state index contributed by atoms with van der Waals surface area (Å²) >= 11 is 7.68. The highest BCUT2D eigenvalue weighted by Gasteiger charge is 2.45. The Hall–Kier alpha value is -3.88. The van der Waals surface area contributed by atoms with E-state index in [1.54, 1.807) is 36.4 Å². The zero-order valence-corrected chi connectivity index (χ0v) is 21.6. The number of benzene rings is 2. The second-order valence-corrected chi connectivity index (χ2v) is 10.1. The Bertz CT molecular complexity index is 1600. The number of thiophene rings is 1. The molecule has 0 saturated carbocycles. The summed E-state index contributed by atoms with van der Waals surface area (Å²) in [4.78, 5) is 21.6. The highest BCUT2D eigenvalue weighted by Crippen LogP contribution is 2.34. The van der Waals surface area contributed by atoms with Gasteiger partial charge in [-0.25, -0.2) is 14.4 Å². The number of likely N-dealkylation sites (tertiary alicyclic amines) is 1. The van der Waals surface area contributed by atoms with Crippen LogP contribution in [0.1, 0.15) is 23.3 Å². The first kappa shape index (κ1) is 26.7. The number of rotatable bonds is 5. The van der Waals surface area contributed by atoms with Crippen LogP contribution in [0, 0.1) is 17.7 Å². The van der Waals surface area contributed by atoms with Gasteiger partial charge in [-0.05, 0) is 54.8 Å². The summed E-state index contributed by atoms with van der Waals surface area (Å²) in [6, 6.07) is 12.1. The summed E-state index contributed by atoms with van der Waals surface area (Å²) in [6.45, 7) is 0.180. The normalized spacial score (nSPS) is 15.2. The Labute approximate surface area is 229 Å². The molecule has 2 aromatic heterocycles. The molecule has 1 N–H and O–H groups in total. The second kappa shape index (κ2) is 11.1. The molecule has 39 heavy (non-hydrogen) atoms. The van der Waals surface area contributed by atoms with Crippen LogP contribution in [0.5, 0.6) is 5.75 Å². The van der Waals surface area contributed by atoms with Crippen LogP contribution in [0.3, 0.4) is 0 Å².